The zero-order valence-electron chi connectivity index (χ0n) is 11.9. The van der Waals surface area contributed by atoms with E-state index in [1.807, 2.05) is 39.0 Å². The highest BCUT2D eigenvalue weighted by Gasteiger charge is 2.10. The van der Waals surface area contributed by atoms with Gasteiger partial charge in [0.05, 0.1) is 6.20 Å². The van der Waals surface area contributed by atoms with Crippen molar-refractivity contribution in [3.63, 3.8) is 0 Å². The molecule has 0 saturated carbocycles. The summed E-state index contributed by atoms with van der Waals surface area (Å²) in [5.41, 5.74) is 2.11. The Labute approximate surface area is 118 Å². The first-order valence-electron chi connectivity index (χ1n) is 6.61. The number of aromatic nitrogens is 2. The number of hydrogen-bond acceptors (Lipinski definition) is 4. The molecular weight excluding hydrogens is 257 g/mol. The zero-order valence-corrected chi connectivity index (χ0v) is 11.9. The molecule has 1 N–H and O–H groups in total. The third-order valence-electron chi connectivity index (χ3n) is 2.65. The van der Waals surface area contributed by atoms with Gasteiger partial charge in [0.25, 0.3) is 5.88 Å². The molecule has 2 rings (SSSR count). The summed E-state index contributed by atoms with van der Waals surface area (Å²) in [7, 11) is 0. The first kappa shape index (κ1) is 14.2. The molecule has 1 aromatic heterocycles. The summed E-state index contributed by atoms with van der Waals surface area (Å²) in [4.78, 5) is 7.92. The van der Waals surface area contributed by atoms with E-state index < -0.39 is 5.82 Å². The lowest BCUT2D eigenvalue weighted by atomic mass is 10.1. The summed E-state index contributed by atoms with van der Waals surface area (Å²) in [5.74, 6) is 0.295. The molecule has 0 spiro atoms. The van der Waals surface area contributed by atoms with Crippen molar-refractivity contribution in [1.82, 2.24) is 9.97 Å². The van der Waals surface area contributed by atoms with E-state index in [1.54, 1.807) is 0 Å². The number of halogens is 1. The van der Waals surface area contributed by atoms with Gasteiger partial charge in [-0.3, -0.25) is 0 Å². The molecule has 0 aliphatic rings. The number of nitrogens with zero attached hydrogens (tertiary/aromatic N) is 2. The lowest BCUT2D eigenvalue weighted by Crippen LogP contribution is -2.05. The van der Waals surface area contributed by atoms with Crippen molar-refractivity contribution < 1.29 is 9.13 Å². The number of nitrogens with one attached hydrogen (secondary N) is 1. The highest BCUT2D eigenvalue weighted by Crippen LogP contribution is 2.24. The predicted molar refractivity (Wildman–Crippen MR) is 76.8 cm³/mol. The molecule has 20 heavy (non-hydrogen) atoms. The second kappa shape index (κ2) is 6.32. The fourth-order valence-electron chi connectivity index (χ4n) is 1.85. The van der Waals surface area contributed by atoms with Crippen LogP contribution in [0.25, 0.3) is 0 Å². The summed E-state index contributed by atoms with van der Waals surface area (Å²) in [6.07, 6.45) is 2.05. The van der Waals surface area contributed by atoms with Crippen LogP contribution in [0.1, 0.15) is 24.5 Å². The molecule has 0 aliphatic carbocycles. The molecule has 1 aromatic carbocycles. The number of hydrogen-bond donors (Lipinski definition) is 1. The highest BCUT2D eigenvalue weighted by atomic mass is 19.1. The van der Waals surface area contributed by atoms with Crippen LogP contribution in [0.4, 0.5) is 10.3 Å². The number of benzene rings is 1. The van der Waals surface area contributed by atoms with E-state index in [0.29, 0.717) is 11.7 Å². The minimum absolute atomic E-state index is 0.0661. The van der Waals surface area contributed by atoms with Gasteiger partial charge in [0.15, 0.2) is 0 Å². The second-order valence-corrected chi connectivity index (χ2v) is 4.70. The lowest BCUT2D eigenvalue weighted by molar-refractivity contribution is 0.420. The fourth-order valence-corrected chi connectivity index (χ4v) is 1.85. The molecule has 0 radical (unpaired) electrons. The molecule has 4 nitrogen and oxygen atoms in total. The van der Waals surface area contributed by atoms with Gasteiger partial charge in [-0.15, -0.1) is 0 Å². The Morgan fingerprint density at radius 1 is 1.20 bits per heavy atom. The van der Waals surface area contributed by atoms with Crippen LogP contribution in [0.2, 0.25) is 0 Å². The van der Waals surface area contributed by atoms with Gasteiger partial charge in [-0.1, -0.05) is 13.0 Å². The molecule has 0 aliphatic heterocycles. The Bertz CT molecular complexity index is 581. The SMILES string of the molecule is CCCNc1ncc(F)c(Oc2cc(C)cc(C)c2)n1. The first-order valence-corrected chi connectivity index (χ1v) is 6.61. The minimum atomic E-state index is -0.578. The third kappa shape index (κ3) is 3.66. The predicted octanol–water partition coefficient (Wildman–Crippen LogP) is 3.85. The van der Waals surface area contributed by atoms with Gasteiger partial charge in [0, 0.05) is 6.54 Å². The molecular formula is C15H18FN3O. The zero-order chi connectivity index (χ0) is 14.5. The molecule has 0 atom stereocenters. The number of rotatable bonds is 5. The maximum absolute atomic E-state index is 13.7. The molecule has 0 bridgehead atoms. The highest BCUT2D eigenvalue weighted by molar-refractivity contribution is 5.36. The summed E-state index contributed by atoms with van der Waals surface area (Å²) >= 11 is 0. The van der Waals surface area contributed by atoms with Crippen molar-refractivity contribution in [2.75, 3.05) is 11.9 Å². The number of anilines is 1. The van der Waals surface area contributed by atoms with Gasteiger partial charge in [-0.05, 0) is 43.5 Å². The van der Waals surface area contributed by atoms with Crippen LogP contribution in [0.5, 0.6) is 11.6 Å². The summed E-state index contributed by atoms with van der Waals surface area (Å²) in [6.45, 7) is 6.69. The quantitative estimate of drug-likeness (QED) is 0.900. The largest absolute Gasteiger partial charge is 0.436 e. The van der Waals surface area contributed by atoms with E-state index >= 15 is 0 Å². The number of aryl methyl sites for hydroxylation is 2. The van der Waals surface area contributed by atoms with Crippen molar-refractivity contribution in [3.8, 4) is 11.6 Å². The van der Waals surface area contributed by atoms with Gasteiger partial charge in [-0.2, -0.15) is 9.37 Å². The van der Waals surface area contributed by atoms with Gasteiger partial charge < -0.3 is 10.1 Å². The van der Waals surface area contributed by atoms with E-state index in [2.05, 4.69) is 15.3 Å². The average Bonchev–Trinajstić information content (AvgIpc) is 2.38. The van der Waals surface area contributed by atoms with Gasteiger partial charge in [0.2, 0.25) is 11.8 Å². The van der Waals surface area contributed by atoms with Crippen LogP contribution in [-0.2, 0) is 0 Å². The van der Waals surface area contributed by atoms with Crippen LogP contribution in [-0.4, -0.2) is 16.5 Å². The van der Waals surface area contributed by atoms with Crippen LogP contribution in [0.3, 0.4) is 0 Å². The Morgan fingerprint density at radius 3 is 2.55 bits per heavy atom. The van der Waals surface area contributed by atoms with Gasteiger partial charge in [-0.25, -0.2) is 4.98 Å². The normalized spacial score (nSPS) is 10.4. The molecule has 5 heteroatoms. The van der Waals surface area contributed by atoms with Crippen LogP contribution in [0, 0.1) is 19.7 Å². The standard InChI is InChI=1S/C15H18FN3O/c1-4-5-17-15-18-9-13(16)14(19-15)20-12-7-10(2)6-11(3)8-12/h6-9H,4-5H2,1-3H3,(H,17,18,19). The van der Waals surface area contributed by atoms with Gasteiger partial charge >= 0.3 is 0 Å². The van der Waals surface area contributed by atoms with E-state index in [0.717, 1.165) is 30.3 Å². The van der Waals surface area contributed by atoms with Gasteiger partial charge in [0.1, 0.15) is 5.75 Å². The maximum Gasteiger partial charge on any atom is 0.260 e. The number of ether oxygens (including phenoxy) is 1. The van der Waals surface area contributed by atoms with Crippen LogP contribution in [0.15, 0.2) is 24.4 Å². The van der Waals surface area contributed by atoms with Crippen molar-refractivity contribution >= 4 is 5.95 Å². The second-order valence-electron chi connectivity index (χ2n) is 4.70. The van der Waals surface area contributed by atoms with E-state index in [-0.39, 0.29) is 5.88 Å². The molecule has 106 valence electrons. The minimum Gasteiger partial charge on any atom is -0.436 e. The van der Waals surface area contributed by atoms with E-state index in [9.17, 15) is 4.39 Å². The smallest absolute Gasteiger partial charge is 0.260 e. The molecule has 0 unspecified atom stereocenters. The molecule has 0 saturated heterocycles. The summed E-state index contributed by atoms with van der Waals surface area (Å²) < 4.78 is 19.2. The van der Waals surface area contributed by atoms with Crippen molar-refractivity contribution in [1.29, 1.82) is 0 Å². The van der Waals surface area contributed by atoms with Crippen molar-refractivity contribution in [2.45, 2.75) is 27.2 Å². The maximum atomic E-state index is 13.7. The van der Waals surface area contributed by atoms with Crippen molar-refractivity contribution in [3.05, 3.63) is 41.3 Å². The van der Waals surface area contributed by atoms with E-state index in [4.69, 9.17) is 4.74 Å². The molecule has 0 fully saturated rings. The first-order chi connectivity index (χ1) is 9.58. The van der Waals surface area contributed by atoms with Crippen molar-refractivity contribution in [2.24, 2.45) is 0 Å². The molecule has 1 heterocycles. The summed E-state index contributed by atoms with van der Waals surface area (Å²) in [6, 6.07) is 5.71. The van der Waals surface area contributed by atoms with Crippen LogP contribution < -0.4 is 10.1 Å². The third-order valence-corrected chi connectivity index (χ3v) is 2.65. The summed E-state index contributed by atoms with van der Waals surface area (Å²) in [5, 5.41) is 3.00. The Morgan fingerprint density at radius 2 is 1.90 bits per heavy atom. The fraction of sp³-hybridized carbons (Fsp3) is 0.333. The Hall–Kier alpha value is -2.17. The molecule has 2 aromatic rings. The van der Waals surface area contributed by atoms with Crippen LogP contribution >= 0.6 is 0 Å². The molecule has 0 amide bonds. The van der Waals surface area contributed by atoms with E-state index in [1.165, 1.54) is 0 Å². The monoisotopic (exact) mass is 275 g/mol. The Kier molecular flexibility index (Phi) is 4.50. The topological polar surface area (TPSA) is 47.0 Å². The lowest BCUT2D eigenvalue weighted by Gasteiger charge is -2.09. The average molecular weight is 275 g/mol. The Balaban J connectivity index is 2.23.